The molecule has 0 aliphatic rings. The highest BCUT2D eigenvalue weighted by atomic mass is 16.2. The molecule has 0 bridgehead atoms. The Balaban J connectivity index is 1.62. The molecule has 0 fully saturated rings. The van der Waals surface area contributed by atoms with Gasteiger partial charge in [-0.15, -0.1) is 0 Å². The van der Waals surface area contributed by atoms with Crippen LogP contribution in [0.15, 0.2) is 91.1 Å². The van der Waals surface area contributed by atoms with Crippen LogP contribution in [0.3, 0.4) is 0 Å². The Bertz CT molecular complexity index is 1220. The fourth-order valence-corrected chi connectivity index (χ4v) is 3.37. The smallest absolute Gasteiger partial charge is 0.259 e. The van der Waals surface area contributed by atoms with Crippen molar-refractivity contribution in [2.24, 2.45) is 0 Å². The lowest BCUT2D eigenvalue weighted by molar-refractivity contribution is -0.115. The predicted octanol–water partition coefficient (Wildman–Crippen LogP) is 5.20. The first-order valence-electron chi connectivity index (χ1n) is 10.5. The van der Waals surface area contributed by atoms with Crippen molar-refractivity contribution in [3.8, 4) is 11.3 Å². The van der Waals surface area contributed by atoms with E-state index in [1.165, 1.54) is 0 Å². The zero-order valence-corrected chi connectivity index (χ0v) is 17.8. The van der Waals surface area contributed by atoms with Crippen molar-refractivity contribution < 1.29 is 9.59 Å². The lowest BCUT2D eigenvalue weighted by Crippen LogP contribution is -2.13. The Hall–Kier alpha value is -4.19. The van der Waals surface area contributed by atoms with Crippen LogP contribution in [0.5, 0.6) is 0 Å². The van der Waals surface area contributed by atoms with Gasteiger partial charge in [0.2, 0.25) is 5.91 Å². The molecular weight excluding hydrogens is 400 g/mol. The molecule has 6 nitrogen and oxygen atoms in total. The van der Waals surface area contributed by atoms with E-state index in [0.29, 0.717) is 35.6 Å². The molecule has 4 aromatic rings. The summed E-state index contributed by atoms with van der Waals surface area (Å²) < 4.78 is 1.78. The van der Waals surface area contributed by atoms with Gasteiger partial charge >= 0.3 is 0 Å². The molecule has 4 rings (SSSR count). The monoisotopic (exact) mass is 424 g/mol. The minimum atomic E-state index is -0.262. The van der Waals surface area contributed by atoms with E-state index in [2.05, 4.69) is 10.6 Å². The Morgan fingerprint density at radius 1 is 0.844 bits per heavy atom. The van der Waals surface area contributed by atoms with Gasteiger partial charge in [-0.25, -0.2) is 0 Å². The first-order chi connectivity index (χ1) is 15.6. The average Bonchev–Trinajstić information content (AvgIpc) is 3.24. The zero-order chi connectivity index (χ0) is 22.3. The van der Waals surface area contributed by atoms with Gasteiger partial charge in [-0.2, -0.15) is 5.10 Å². The highest BCUT2D eigenvalue weighted by Gasteiger charge is 2.18. The van der Waals surface area contributed by atoms with Gasteiger partial charge in [0.15, 0.2) is 0 Å². The third-order valence-electron chi connectivity index (χ3n) is 4.97. The van der Waals surface area contributed by atoms with Crippen LogP contribution in [0.25, 0.3) is 11.3 Å². The van der Waals surface area contributed by atoms with E-state index in [9.17, 15) is 9.59 Å². The summed E-state index contributed by atoms with van der Waals surface area (Å²) in [6.07, 6.45) is 2.16. The summed E-state index contributed by atoms with van der Waals surface area (Å²) in [6, 6.07) is 26.7. The van der Waals surface area contributed by atoms with E-state index >= 15 is 0 Å². The number of nitrogens with zero attached hydrogens (tertiary/aromatic N) is 2. The lowest BCUT2D eigenvalue weighted by Gasteiger charge is -2.08. The van der Waals surface area contributed by atoms with Gasteiger partial charge < -0.3 is 10.6 Å². The molecule has 160 valence electrons. The molecule has 0 spiro atoms. The molecule has 0 saturated carbocycles. The number of benzene rings is 3. The molecule has 0 atom stereocenters. The third kappa shape index (κ3) is 5.10. The van der Waals surface area contributed by atoms with Crippen LogP contribution in [0, 0.1) is 0 Å². The number of anilines is 2. The SMILES string of the molecule is CCC(=O)Nc1cccc(NC(=O)c2cn(Cc3ccccc3)nc2-c2ccccc2)c1. The second-order valence-electron chi connectivity index (χ2n) is 7.38. The number of carbonyl (C=O) groups is 2. The minimum absolute atomic E-state index is 0.0815. The van der Waals surface area contributed by atoms with E-state index < -0.39 is 0 Å². The number of aromatic nitrogens is 2. The minimum Gasteiger partial charge on any atom is -0.326 e. The number of hydrogen-bond acceptors (Lipinski definition) is 3. The van der Waals surface area contributed by atoms with Gasteiger partial charge in [0.25, 0.3) is 5.91 Å². The van der Waals surface area contributed by atoms with Crippen LogP contribution in [0.4, 0.5) is 11.4 Å². The van der Waals surface area contributed by atoms with Crippen molar-refractivity contribution in [1.82, 2.24) is 9.78 Å². The van der Waals surface area contributed by atoms with Crippen LogP contribution >= 0.6 is 0 Å². The molecule has 0 aliphatic heterocycles. The molecule has 0 saturated heterocycles. The number of hydrogen-bond donors (Lipinski definition) is 2. The summed E-state index contributed by atoms with van der Waals surface area (Å²) in [7, 11) is 0. The molecule has 2 amide bonds. The summed E-state index contributed by atoms with van der Waals surface area (Å²) in [6.45, 7) is 2.35. The quantitative estimate of drug-likeness (QED) is 0.428. The van der Waals surface area contributed by atoms with Crippen LogP contribution < -0.4 is 10.6 Å². The van der Waals surface area contributed by atoms with Crippen LogP contribution in [-0.4, -0.2) is 21.6 Å². The van der Waals surface area contributed by atoms with Gasteiger partial charge in [0.1, 0.15) is 5.69 Å². The number of carbonyl (C=O) groups excluding carboxylic acids is 2. The maximum absolute atomic E-state index is 13.2. The number of rotatable bonds is 7. The summed E-state index contributed by atoms with van der Waals surface area (Å²) in [4.78, 5) is 24.9. The first-order valence-corrected chi connectivity index (χ1v) is 10.5. The zero-order valence-electron chi connectivity index (χ0n) is 17.8. The molecule has 1 aromatic heterocycles. The van der Waals surface area contributed by atoms with Gasteiger partial charge in [-0.3, -0.25) is 14.3 Å². The van der Waals surface area contributed by atoms with Crippen molar-refractivity contribution in [2.45, 2.75) is 19.9 Å². The van der Waals surface area contributed by atoms with Gasteiger partial charge in [-0.05, 0) is 23.8 Å². The van der Waals surface area contributed by atoms with Gasteiger partial charge in [0.05, 0.1) is 12.1 Å². The van der Waals surface area contributed by atoms with E-state index in [1.54, 1.807) is 42.1 Å². The van der Waals surface area contributed by atoms with E-state index in [0.717, 1.165) is 11.1 Å². The maximum atomic E-state index is 13.2. The Morgan fingerprint density at radius 3 is 2.19 bits per heavy atom. The first kappa shape index (κ1) is 21.1. The lowest BCUT2D eigenvalue weighted by atomic mass is 10.1. The summed E-state index contributed by atoms with van der Waals surface area (Å²) in [5.74, 6) is -0.343. The van der Waals surface area contributed by atoms with Gasteiger partial charge in [0, 0.05) is 29.6 Å². The van der Waals surface area contributed by atoms with Crippen molar-refractivity contribution in [3.05, 3.63) is 102 Å². The fraction of sp³-hybridized carbons (Fsp3) is 0.115. The van der Waals surface area contributed by atoms with Crippen molar-refractivity contribution in [1.29, 1.82) is 0 Å². The summed E-state index contributed by atoms with van der Waals surface area (Å²) in [5.41, 5.74) is 4.30. The number of nitrogens with one attached hydrogen (secondary N) is 2. The van der Waals surface area contributed by atoms with E-state index in [1.807, 2.05) is 60.7 Å². The van der Waals surface area contributed by atoms with Crippen LogP contribution in [-0.2, 0) is 11.3 Å². The maximum Gasteiger partial charge on any atom is 0.259 e. The molecule has 6 heteroatoms. The predicted molar refractivity (Wildman–Crippen MR) is 127 cm³/mol. The van der Waals surface area contributed by atoms with Crippen molar-refractivity contribution in [3.63, 3.8) is 0 Å². The number of amides is 2. The fourth-order valence-electron chi connectivity index (χ4n) is 3.37. The van der Waals surface area contributed by atoms with Crippen molar-refractivity contribution >= 4 is 23.2 Å². The Morgan fingerprint density at radius 2 is 1.50 bits per heavy atom. The molecule has 3 aromatic carbocycles. The Labute approximate surface area is 186 Å². The van der Waals surface area contributed by atoms with Crippen LogP contribution in [0.2, 0.25) is 0 Å². The highest BCUT2D eigenvalue weighted by Crippen LogP contribution is 2.24. The largest absolute Gasteiger partial charge is 0.326 e. The summed E-state index contributed by atoms with van der Waals surface area (Å²) >= 11 is 0. The highest BCUT2D eigenvalue weighted by molar-refractivity contribution is 6.08. The second kappa shape index (κ2) is 9.75. The molecule has 32 heavy (non-hydrogen) atoms. The molecule has 0 unspecified atom stereocenters. The molecule has 0 radical (unpaired) electrons. The third-order valence-corrected chi connectivity index (χ3v) is 4.97. The average molecular weight is 425 g/mol. The van der Waals surface area contributed by atoms with Crippen LogP contribution in [0.1, 0.15) is 29.3 Å². The van der Waals surface area contributed by atoms with Gasteiger partial charge in [-0.1, -0.05) is 73.7 Å². The molecule has 2 N–H and O–H groups in total. The summed E-state index contributed by atoms with van der Waals surface area (Å²) in [5, 5.41) is 10.4. The second-order valence-corrected chi connectivity index (χ2v) is 7.38. The van der Waals surface area contributed by atoms with Crippen molar-refractivity contribution in [2.75, 3.05) is 10.6 Å². The molecule has 0 aliphatic carbocycles. The molecule has 1 heterocycles. The molecular formula is C26H24N4O2. The van der Waals surface area contributed by atoms with E-state index in [4.69, 9.17) is 5.10 Å². The Kier molecular flexibility index (Phi) is 6.41. The van der Waals surface area contributed by atoms with E-state index in [-0.39, 0.29) is 11.8 Å². The topological polar surface area (TPSA) is 76.0 Å². The normalized spacial score (nSPS) is 10.5. The standard InChI is InChI=1S/C26H24N4O2/c1-2-24(31)27-21-14-9-15-22(16-21)28-26(32)23-18-30(17-19-10-5-3-6-11-19)29-25(23)20-12-7-4-8-13-20/h3-16,18H,2,17H2,1H3,(H,27,31)(H,28,32).